The summed E-state index contributed by atoms with van der Waals surface area (Å²) in [5.74, 6) is 0.274. The van der Waals surface area contributed by atoms with Gasteiger partial charge in [-0.15, -0.1) is 0 Å². The molecule has 0 spiro atoms. The van der Waals surface area contributed by atoms with Crippen molar-refractivity contribution in [2.45, 2.75) is 12.0 Å². The number of nitrogens with one attached hydrogen (secondary N) is 1. The van der Waals surface area contributed by atoms with E-state index in [-0.39, 0.29) is 54.3 Å². The molecule has 1 aliphatic carbocycles. The van der Waals surface area contributed by atoms with Crippen LogP contribution in [0, 0.1) is 11.8 Å². The molecular weight excluding hydrogens is 466 g/mol. The highest BCUT2D eigenvalue weighted by Gasteiger charge is 2.52. The molecule has 9 nitrogen and oxygen atoms in total. The number of anilines is 1. The van der Waals surface area contributed by atoms with Crippen LogP contribution >= 0.6 is 0 Å². The lowest BCUT2D eigenvalue weighted by Crippen LogP contribution is -2.37. The fraction of sp³-hybridized carbons (Fsp3) is 0.296. The van der Waals surface area contributed by atoms with Gasteiger partial charge in [0.15, 0.2) is 23.0 Å². The number of esters is 1. The number of carbonyl (C=O) groups is 1. The molecule has 1 saturated heterocycles. The van der Waals surface area contributed by atoms with Gasteiger partial charge in [0.25, 0.3) is 0 Å². The summed E-state index contributed by atoms with van der Waals surface area (Å²) in [4.78, 5) is 13.2. The molecule has 0 amide bonds. The van der Waals surface area contributed by atoms with E-state index in [0.717, 1.165) is 16.7 Å². The fourth-order valence-electron chi connectivity index (χ4n) is 5.62. The van der Waals surface area contributed by atoms with Crippen molar-refractivity contribution >= 4 is 11.7 Å². The van der Waals surface area contributed by atoms with Crippen LogP contribution in [0.2, 0.25) is 0 Å². The number of benzene rings is 3. The van der Waals surface area contributed by atoms with E-state index in [9.17, 15) is 15.0 Å². The predicted molar refractivity (Wildman–Crippen MR) is 128 cm³/mol. The van der Waals surface area contributed by atoms with Crippen molar-refractivity contribution < 1.29 is 38.7 Å². The molecule has 3 N–H and O–H groups in total. The maximum Gasteiger partial charge on any atom is 0.310 e. The molecule has 4 atom stereocenters. The molecule has 186 valence electrons. The minimum absolute atomic E-state index is 0.112. The van der Waals surface area contributed by atoms with E-state index in [1.165, 1.54) is 14.2 Å². The second kappa shape index (κ2) is 8.44. The fourth-order valence-corrected chi connectivity index (χ4v) is 5.62. The van der Waals surface area contributed by atoms with Gasteiger partial charge in [-0.05, 0) is 53.1 Å². The van der Waals surface area contributed by atoms with Crippen molar-refractivity contribution in [3.05, 3.63) is 65.2 Å². The Hall–Kier alpha value is -4.27. The normalized spacial score (nSPS) is 23.4. The summed E-state index contributed by atoms with van der Waals surface area (Å²) in [6, 6.07) is 13.9. The SMILES string of the molecule is COc1cc([C@@H]2c3cc4c(cc3C(Nc3cccc(O)c3)[C@H]3COC(=O)[C@H]23)OCO4)cc(OC)c1O. The lowest BCUT2D eigenvalue weighted by atomic mass is 9.65. The molecule has 1 unspecified atom stereocenters. The van der Waals surface area contributed by atoms with Gasteiger partial charge in [-0.2, -0.15) is 0 Å². The van der Waals surface area contributed by atoms with Crippen LogP contribution in [-0.4, -0.2) is 43.8 Å². The zero-order chi connectivity index (χ0) is 25.0. The summed E-state index contributed by atoms with van der Waals surface area (Å²) < 4.78 is 27.8. The molecule has 2 aliphatic heterocycles. The minimum atomic E-state index is -0.522. The van der Waals surface area contributed by atoms with Crippen LogP contribution < -0.4 is 24.3 Å². The predicted octanol–water partition coefficient (Wildman–Crippen LogP) is 3.93. The van der Waals surface area contributed by atoms with Crippen LogP contribution in [0.5, 0.6) is 34.5 Å². The highest BCUT2D eigenvalue weighted by Crippen LogP contribution is 2.56. The third-order valence-corrected chi connectivity index (χ3v) is 7.22. The maximum atomic E-state index is 13.2. The third kappa shape index (κ3) is 3.42. The first-order valence-electron chi connectivity index (χ1n) is 11.6. The van der Waals surface area contributed by atoms with Gasteiger partial charge in [0.2, 0.25) is 12.5 Å². The zero-order valence-electron chi connectivity index (χ0n) is 19.7. The molecule has 0 bridgehead atoms. The van der Waals surface area contributed by atoms with Gasteiger partial charge in [-0.1, -0.05) is 6.07 Å². The van der Waals surface area contributed by atoms with E-state index in [4.69, 9.17) is 23.7 Å². The minimum Gasteiger partial charge on any atom is -0.508 e. The van der Waals surface area contributed by atoms with E-state index in [0.29, 0.717) is 17.2 Å². The Morgan fingerprint density at radius 3 is 2.28 bits per heavy atom. The largest absolute Gasteiger partial charge is 0.508 e. The number of rotatable bonds is 5. The molecule has 3 aromatic carbocycles. The molecule has 3 aliphatic rings. The molecule has 3 aromatic rings. The monoisotopic (exact) mass is 491 g/mol. The zero-order valence-corrected chi connectivity index (χ0v) is 19.7. The van der Waals surface area contributed by atoms with Crippen molar-refractivity contribution in [3.63, 3.8) is 0 Å². The van der Waals surface area contributed by atoms with Crippen LogP contribution in [0.1, 0.15) is 28.7 Å². The highest BCUT2D eigenvalue weighted by molar-refractivity contribution is 5.79. The van der Waals surface area contributed by atoms with Gasteiger partial charge in [-0.25, -0.2) is 0 Å². The van der Waals surface area contributed by atoms with Crippen LogP contribution in [0.25, 0.3) is 0 Å². The highest BCUT2D eigenvalue weighted by atomic mass is 16.7. The first kappa shape index (κ1) is 22.2. The van der Waals surface area contributed by atoms with Crippen LogP contribution in [0.4, 0.5) is 5.69 Å². The quantitative estimate of drug-likeness (QED) is 0.457. The topological polar surface area (TPSA) is 116 Å². The van der Waals surface area contributed by atoms with E-state index in [1.54, 1.807) is 30.3 Å². The van der Waals surface area contributed by atoms with E-state index >= 15 is 0 Å². The first-order chi connectivity index (χ1) is 17.5. The first-order valence-corrected chi connectivity index (χ1v) is 11.6. The van der Waals surface area contributed by atoms with Crippen LogP contribution in [0.15, 0.2) is 48.5 Å². The molecule has 1 fully saturated rings. The average molecular weight is 491 g/mol. The number of carbonyl (C=O) groups excluding carboxylic acids is 1. The van der Waals surface area contributed by atoms with Gasteiger partial charge in [-0.3, -0.25) is 4.79 Å². The van der Waals surface area contributed by atoms with E-state index < -0.39 is 11.8 Å². The smallest absolute Gasteiger partial charge is 0.310 e. The number of hydrogen-bond donors (Lipinski definition) is 3. The van der Waals surface area contributed by atoms with E-state index in [1.807, 2.05) is 18.2 Å². The Morgan fingerprint density at radius 2 is 1.61 bits per heavy atom. The summed E-state index contributed by atoms with van der Waals surface area (Å²) in [5, 5.41) is 24.0. The Balaban J connectivity index is 1.55. The van der Waals surface area contributed by atoms with Gasteiger partial charge in [0.05, 0.1) is 32.8 Å². The average Bonchev–Trinajstić information content (AvgIpc) is 3.49. The molecule has 0 aromatic heterocycles. The summed E-state index contributed by atoms with van der Waals surface area (Å²) in [5.41, 5.74) is 3.25. The molecule has 0 saturated carbocycles. The Morgan fingerprint density at radius 1 is 0.917 bits per heavy atom. The Kier molecular flexibility index (Phi) is 5.21. The second-order valence-electron chi connectivity index (χ2n) is 9.08. The summed E-state index contributed by atoms with van der Waals surface area (Å²) >= 11 is 0. The van der Waals surface area contributed by atoms with Crippen molar-refractivity contribution in [1.29, 1.82) is 0 Å². The number of phenolic OH excluding ortho intramolecular Hbond substituents is 2. The second-order valence-corrected chi connectivity index (χ2v) is 9.08. The number of aromatic hydroxyl groups is 2. The van der Waals surface area contributed by atoms with Crippen molar-refractivity contribution in [1.82, 2.24) is 0 Å². The number of ether oxygens (including phenoxy) is 5. The van der Waals surface area contributed by atoms with Gasteiger partial charge >= 0.3 is 5.97 Å². The van der Waals surface area contributed by atoms with E-state index in [2.05, 4.69) is 5.32 Å². The molecule has 6 rings (SSSR count). The molecule has 0 radical (unpaired) electrons. The Bertz CT molecular complexity index is 1330. The Labute approximate surface area is 207 Å². The van der Waals surface area contributed by atoms with Gasteiger partial charge in [0, 0.05) is 23.6 Å². The van der Waals surface area contributed by atoms with Crippen LogP contribution in [0.3, 0.4) is 0 Å². The molecular formula is C27H25NO8. The standard InChI is InChI=1S/C27H25NO8/c1-32-21-6-13(7-22(33-2)26(21)30)23-16-9-19-20(36-12-35-19)10-17(16)25(18-11-34-27(31)24(18)23)28-14-4-3-5-15(29)8-14/h3-10,18,23-25,28-30H,11-12H2,1-2H3/t18-,23+,24-,25?/m0/s1. The van der Waals surface area contributed by atoms with Crippen molar-refractivity contribution in [2.24, 2.45) is 11.8 Å². The molecule has 9 heteroatoms. The summed E-state index contributed by atoms with van der Waals surface area (Å²) in [6.45, 7) is 0.347. The number of hydrogen-bond acceptors (Lipinski definition) is 9. The maximum absolute atomic E-state index is 13.2. The lowest BCUT2D eigenvalue weighted by molar-refractivity contribution is -0.141. The van der Waals surface area contributed by atoms with Crippen LogP contribution in [-0.2, 0) is 9.53 Å². The van der Waals surface area contributed by atoms with Gasteiger partial charge < -0.3 is 39.2 Å². The number of phenols is 2. The third-order valence-electron chi connectivity index (χ3n) is 7.22. The number of fused-ring (bicyclic) bond motifs is 3. The van der Waals surface area contributed by atoms with Crippen molar-refractivity contribution in [2.75, 3.05) is 32.9 Å². The van der Waals surface area contributed by atoms with Crippen molar-refractivity contribution in [3.8, 4) is 34.5 Å². The molecule has 2 heterocycles. The lowest BCUT2D eigenvalue weighted by Gasteiger charge is -2.40. The summed E-state index contributed by atoms with van der Waals surface area (Å²) in [7, 11) is 2.93. The number of methoxy groups -OCH3 is 2. The molecule has 36 heavy (non-hydrogen) atoms. The summed E-state index contributed by atoms with van der Waals surface area (Å²) in [6.07, 6.45) is 0. The van der Waals surface area contributed by atoms with Gasteiger partial charge in [0.1, 0.15) is 5.75 Å². The number of cyclic esters (lactones) is 1.